The molecule has 102 valence electrons. The molecule has 0 atom stereocenters. The summed E-state index contributed by atoms with van der Waals surface area (Å²) in [7, 11) is -0.614. The summed E-state index contributed by atoms with van der Waals surface area (Å²) < 4.78 is 100. The summed E-state index contributed by atoms with van der Waals surface area (Å²) in [6, 6.07) is 0. The maximum absolute atomic E-state index is 13.1. The minimum absolute atomic E-state index is 2.08. The van der Waals surface area contributed by atoms with Crippen molar-refractivity contribution < 1.29 is 39.5 Å². The third-order valence-electron chi connectivity index (χ3n) is 1.63. The van der Waals surface area contributed by atoms with Crippen molar-refractivity contribution in [1.82, 2.24) is 0 Å². The molecule has 0 heterocycles. The van der Waals surface area contributed by atoms with E-state index in [-0.39, 0.29) is 0 Å². The van der Waals surface area contributed by atoms with Crippen LogP contribution in [-0.2, 0) is 9.05 Å². The van der Waals surface area contributed by atoms with E-state index < -0.39 is 49.6 Å². The highest BCUT2D eigenvalue weighted by atomic mass is 35.7. The van der Waals surface area contributed by atoms with Crippen molar-refractivity contribution in [2.24, 2.45) is 0 Å². The fourth-order valence-corrected chi connectivity index (χ4v) is 2.01. The Hall–Kier alpha value is -1.16. The summed E-state index contributed by atoms with van der Waals surface area (Å²) in [6.07, 6.45) is 0. The molecule has 11 heteroatoms. The number of hydrogen-bond acceptors (Lipinski definition) is 3. The summed E-state index contributed by atoms with van der Waals surface area (Å²) in [5, 5.41) is 0. The van der Waals surface area contributed by atoms with Crippen molar-refractivity contribution in [1.29, 1.82) is 0 Å². The van der Waals surface area contributed by atoms with Gasteiger partial charge in [-0.05, 0) is 0 Å². The lowest BCUT2D eigenvalue weighted by atomic mass is 10.3. The summed E-state index contributed by atoms with van der Waals surface area (Å²) in [5.74, 6) is -11.9. The van der Waals surface area contributed by atoms with Crippen molar-refractivity contribution in [2.75, 3.05) is 0 Å². The van der Waals surface area contributed by atoms with Crippen LogP contribution in [0.15, 0.2) is 4.90 Å². The molecule has 0 saturated carbocycles. The summed E-state index contributed by atoms with van der Waals surface area (Å²) >= 11 is 0. The Balaban J connectivity index is 3.66. The molecule has 0 aliphatic rings. The van der Waals surface area contributed by atoms with E-state index in [4.69, 9.17) is 0 Å². The van der Waals surface area contributed by atoms with Crippen molar-refractivity contribution in [3.05, 3.63) is 23.3 Å². The lowest BCUT2D eigenvalue weighted by Gasteiger charge is -2.10. The number of rotatable bonds is 3. The molecule has 1 aromatic carbocycles. The van der Waals surface area contributed by atoms with E-state index in [2.05, 4.69) is 15.4 Å². The molecule has 18 heavy (non-hydrogen) atoms. The lowest BCUT2D eigenvalue weighted by molar-refractivity contribution is -0.0555. The number of hydrogen-bond donors (Lipinski definition) is 0. The minimum atomic E-state index is -5.16. The Kier molecular flexibility index (Phi) is 4.01. The van der Waals surface area contributed by atoms with Crippen LogP contribution in [0, 0.1) is 23.3 Å². The average molecular weight is 315 g/mol. The second kappa shape index (κ2) is 4.84. The maximum atomic E-state index is 13.1. The Labute approximate surface area is 100 Å². The molecule has 0 spiro atoms. The van der Waals surface area contributed by atoms with E-state index in [0.29, 0.717) is 0 Å². The third kappa shape index (κ3) is 2.64. The molecule has 3 nitrogen and oxygen atoms in total. The molecule has 0 aliphatic carbocycles. The van der Waals surface area contributed by atoms with E-state index in [1.54, 1.807) is 0 Å². The van der Waals surface area contributed by atoms with Gasteiger partial charge in [-0.25, -0.2) is 17.2 Å². The second-order valence-corrected chi connectivity index (χ2v) is 5.23. The highest BCUT2D eigenvalue weighted by Gasteiger charge is 2.33. The van der Waals surface area contributed by atoms with Crippen LogP contribution in [0.1, 0.15) is 0 Å². The van der Waals surface area contributed by atoms with Crippen LogP contribution in [0.4, 0.5) is 26.3 Å². The Morgan fingerprint density at radius 3 is 1.61 bits per heavy atom. The number of halogens is 7. The van der Waals surface area contributed by atoms with Crippen molar-refractivity contribution in [3.63, 3.8) is 0 Å². The van der Waals surface area contributed by atoms with Gasteiger partial charge in [0.25, 0.3) is 9.05 Å². The van der Waals surface area contributed by atoms with Crippen molar-refractivity contribution >= 4 is 19.7 Å². The van der Waals surface area contributed by atoms with Crippen LogP contribution >= 0.6 is 10.7 Å². The van der Waals surface area contributed by atoms with Gasteiger partial charge in [0, 0.05) is 10.7 Å². The molecule has 0 bridgehead atoms. The smallest absolute Gasteiger partial charge is 0.387 e. The molecule has 0 radical (unpaired) electrons. The molecular weight excluding hydrogens is 314 g/mol. The van der Waals surface area contributed by atoms with Gasteiger partial charge in [-0.15, -0.1) is 0 Å². The molecule has 1 rings (SSSR count). The molecule has 0 aromatic heterocycles. The second-order valence-electron chi connectivity index (χ2n) is 2.73. The van der Waals surface area contributed by atoms with Gasteiger partial charge in [-0.2, -0.15) is 17.6 Å². The van der Waals surface area contributed by atoms with Crippen LogP contribution in [0.3, 0.4) is 0 Å². The fourth-order valence-electron chi connectivity index (χ4n) is 0.998. The third-order valence-corrected chi connectivity index (χ3v) is 2.94. The van der Waals surface area contributed by atoms with Crippen LogP contribution in [0.25, 0.3) is 0 Å². The first-order valence-electron chi connectivity index (χ1n) is 3.82. The molecular formula is C7HClF6O3S. The highest BCUT2D eigenvalue weighted by Crippen LogP contribution is 2.34. The van der Waals surface area contributed by atoms with Crippen LogP contribution in [0.2, 0.25) is 0 Å². The van der Waals surface area contributed by atoms with E-state index in [9.17, 15) is 34.8 Å². The Morgan fingerprint density at radius 2 is 1.33 bits per heavy atom. The first kappa shape index (κ1) is 14.9. The van der Waals surface area contributed by atoms with Gasteiger partial charge in [-0.3, -0.25) is 0 Å². The van der Waals surface area contributed by atoms with Crippen LogP contribution in [-0.4, -0.2) is 15.0 Å². The van der Waals surface area contributed by atoms with Gasteiger partial charge in [0.05, 0.1) is 0 Å². The molecule has 0 saturated heterocycles. The molecule has 0 amide bonds. The standard InChI is InChI=1S/C7HClF6O3S/c8-18(15,16)6-3(11)1(9)5(17-7(13)14)2(10)4(6)12/h7H. The monoisotopic (exact) mass is 314 g/mol. The SMILES string of the molecule is O=S(=O)(Cl)c1c(F)c(F)c(OC(F)F)c(F)c1F. The number of benzene rings is 1. The fraction of sp³-hybridized carbons (Fsp3) is 0.143. The predicted octanol–water partition coefficient (Wildman–Crippen LogP) is 2.77. The van der Waals surface area contributed by atoms with E-state index in [1.807, 2.05) is 0 Å². The number of ether oxygens (including phenoxy) is 1. The van der Waals surface area contributed by atoms with Crippen LogP contribution in [0.5, 0.6) is 5.75 Å². The lowest BCUT2D eigenvalue weighted by Crippen LogP contribution is -2.12. The van der Waals surface area contributed by atoms with Gasteiger partial charge in [-0.1, -0.05) is 0 Å². The van der Waals surface area contributed by atoms with Crippen molar-refractivity contribution in [3.8, 4) is 5.75 Å². The first-order valence-corrected chi connectivity index (χ1v) is 6.13. The minimum Gasteiger partial charge on any atom is -0.428 e. The molecule has 0 fully saturated rings. The van der Waals surface area contributed by atoms with Gasteiger partial charge < -0.3 is 4.74 Å². The van der Waals surface area contributed by atoms with Gasteiger partial charge in [0.1, 0.15) is 0 Å². The van der Waals surface area contributed by atoms with Crippen molar-refractivity contribution in [2.45, 2.75) is 11.5 Å². The van der Waals surface area contributed by atoms with Gasteiger partial charge >= 0.3 is 6.61 Å². The molecule has 1 aromatic rings. The van der Waals surface area contributed by atoms with E-state index in [1.165, 1.54) is 0 Å². The van der Waals surface area contributed by atoms with Gasteiger partial charge in [0.15, 0.2) is 16.5 Å². The number of alkyl halides is 2. The Morgan fingerprint density at radius 1 is 0.944 bits per heavy atom. The molecule has 0 unspecified atom stereocenters. The van der Waals surface area contributed by atoms with Crippen LogP contribution < -0.4 is 4.74 Å². The zero-order chi connectivity index (χ0) is 14.2. The molecule has 0 N–H and O–H groups in total. The summed E-state index contributed by atoms with van der Waals surface area (Å²) in [4.78, 5) is -2.12. The summed E-state index contributed by atoms with van der Waals surface area (Å²) in [6.45, 7) is -3.77. The highest BCUT2D eigenvalue weighted by molar-refractivity contribution is 8.13. The Bertz CT molecular complexity index is 558. The zero-order valence-corrected chi connectivity index (χ0v) is 9.43. The van der Waals surface area contributed by atoms with E-state index >= 15 is 0 Å². The molecule has 0 aliphatic heterocycles. The van der Waals surface area contributed by atoms with Gasteiger partial charge in [0.2, 0.25) is 17.4 Å². The maximum Gasteiger partial charge on any atom is 0.387 e. The average Bonchev–Trinajstić information content (AvgIpc) is 2.19. The largest absolute Gasteiger partial charge is 0.428 e. The zero-order valence-electron chi connectivity index (χ0n) is 7.86. The normalized spacial score (nSPS) is 12.0. The first-order chi connectivity index (χ1) is 8.07. The summed E-state index contributed by atoms with van der Waals surface area (Å²) in [5.41, 5.74) is 0. The predicted molar refractivity (Wildman–Crippen MR) is 45.9 cm³/mol. The topological polar surface area (TPSA) is 43.4 Å². The quantitative estimate of drug-likeness (QED) is 0.489. The van der Waals surface area contributed by atoms with E-state index in [0.717, 1.165) is 0 Å².